The molecule has 0 N–H and O–H groups in total. The van der Waals surface area contributed by atoms with Gasteiger partial charge in [-0.25, -0.2) is 0 Å². The number of hydrogen-bond acceptors (Lipinski definition) is 3. The molecule has 0 aromatic heterocycles. The molecule has 0 saturated heterocycles. The lowest BCUT2D eigenvalue weighted by Gasteiger charge is -2.30. The first-order valence-corrected chi connectivity index (χ1v) is 6.99. The molecule has 0 aliphatic heterocycles. The molecule has 0 fully saturated rings. The number of rotatable bonds is 8. The van der Waals surface area contributed by atoms with Gasteiger partial charge in [0.2, 0.25) is 0 Å². The van der Waals surface area contributed by atoms with Crippen molar-refractivity contribution in [1.82, 2.24) is 9.80 Å². The number of nitriles is 1. The Morgan fingerprint density at radius 1 is 1.16 bits per heavy atom. The van der Waals surface area contributed by atoms with Gasteiger partial charge < -0.3 is 4.90 Å². The van der Waals surface area contributed by atoms with Gasteiger partial charge in [0.15, 0.2) is 0 Å². The SMILES string of the molecule is CCN(CCCN(C)C)C(CC#N)c1ccccc1. The van der Waals surface area contributed by atoms with E-state index in [0.29, 0.717) is 6.42 Å². The molecule has 1 atom stereocenters. The van der Waals surface area contributed by atoms with E-state index in [2.05, 4.69) is 49.0 Å². The molecule has 1 aromatic rings. The molecule has 0 bridgehead atoms. The predicted molar refractivity (Wildman–Crippen MR) is 79.8 cm³/mol. The first kappa shape index (κ1) is 15.7. The van der Waals surface area contributed by atoms with Gasteiger partial charge in [-0.1, -0.05) is 37.3 Å². The van der Waals surface area contributed by atoms with Crippen LogP contribution >= 0.6 is 0 Å². The molecular formula is C16H25N3. The lowest BCUT2D eigenvalue weighted by atomic mass is 10.0. The van der Waals surface area contributed by atoms with E-state index in [1.165, 1.54) is 5.56 Å². The van der Waals surface area contributed by atoms with Crippen LogP contribution in [0.15, 0.2) is 30.3 Å². The maximum Gasteiger partial charge on any atom is 0.0641 e. The lowest BCUT2D eigenvalue weighted by Crippen LogP contribution is -2.31. The van der Waals surface area contributed by atoms with Gasteiger partial charge in [0, 0.05) is 6.04 Å². The number of hydrogen-bond donors (Lipinski definition) is 0. The Kier molecular flexibility index (Phi) is 7.17. The maximum atomic E-state index is 9.07. The molecule has 0 spiro atoms. The summed E-state index contributed by atoms with van der Waals surface area (Å²) in [5, 5.41) is 9.07. The van der Waals surface area contributed by atoms with Crippen molar-refractivity contribution in [3.8, 4) is 6.07 Å². The zero-order chi connectivity index (χ0) is 14.1. The van der Waals surface area contributed by atoms with Crippen LogP contribution in [0.1, 0.15) is 31.4 Å². The second-order valence-electron chi connectivity index (χ2n) is 5.07. The predicted octanol–water partition coefficient (Wildman–Crippen LogP) is 2.91. The van der Waals surface area contributed by atoms with Gasteiger partial charge >= 0.3 is 0 Å². The molecule has 1 aromatic carbocycles. The summed E-state index contributed by atoms with van der Waals surface area (Å²) in [7, 11) is 4.19. The molecular weight excluding hydrogens is 234 g/mol. The second-order valence-corrected chi connectivity index (χ2v) is 5.07. The van der Waals surface area contributed by atoms with E-state index in [-0.39, 0.29) is 6.04 Å². The third kappa shape index (κ3) is 5.42. The van der Waals surface area contributed by atoms with E-state index in [1.807, 2.05) is 18.2 Å². The second kappa shape index (κ2) is 8.68. The van der Waals surface area contributed by atoms with Gasteiger partial charge in [0.1, 0.15) is 0 Å². The van der Waals surface area contributed by atoms with Crippen LogP contribution in [0.25, 0.3) is 0 Å². The third-order valence-electron chi connectivity index (χ3n) is 3.37. The van der Waals surface area contributed by atoms with E-state index in [9.17, 15) is 0 Å². The summed E-state index contributed by atoms with van der Waals surface area (Å²) in [6.45, 7) is 5.28. The summed E-state index contributed by atoms with van der Waals surface area (Å²) in [5.41, 5.74) is 1.25. The minimum absolute atomic E-state index is 0.221. The summed E-state index contributed by atoms with van der Waals surface area (Å²) < 4.78 is 0. The van der Waals surface area contributed by atoms with E-state index in [0.717, 1.165) is 26.1 Å². The van der Waals surface area contributed by atoms with Crippen LogP contribution < -0.4 is 0 Å². The molecule has 3 nitrogen and oxygen atoms in total. The van der Waals surface area contributed by atoms with Crippen LogP contribution in [0.5, 0.6) is 0 Å². The van der Waals surface area contributed by atoms with Crippen molar-refractivity contribution in [3.05, 3.63) is 35.9 Å². The Morgan fingerprint density at radius 2 is 1.84 bits per heavy atom. The highest BCUT2D eigenvalue weighted by Gasteiger charge is 2.18. The highest BCUT2D eigenvalue weighted by atomic mass is 15.2. The van der Waals surface area contributed by atoms with Crippen molar-refractivity contribution in [2.75, 3.05) is 33.7 Å². The summed E-state index contributed by atoms with van der Waals surface area (Å²) in [6.07, 6.45) is 1.69. The topological polar surface area (TPSA) is 30.3 Å². The maximum absolute atomic E-state index is 9.07. The molecule has 0 radical (unpaired) electrons. The van der Waals surface area contributed by atoms with Crippen LogP contribution in [-0.2, 0) is 0 Å². The van der Waals surface area contributed by atoms with Crippen molar-refractivity contribution in [2.45, 2.75) is 25.8 Å². The molecule has 0 amide bonds. The summed E-state index contributed by atoms with van der Waals surface area (Å²) in [4.78, 5) is 4.61. The van der Waals surface area contributed by atoms with Crippen molar-refractivity contribution in [2.24, 2.45) is 0 Å². The largest absolute Gasteiger partial charge is 0.309 e. The van der Waals surface area contributed by atoms with Crippen molar-refractivity contribution in [3.63, 3.8) is 0 Å². The molecule has 19 heavy (non-hydrogen) atoms. The summed E-state index contributed by atoms with van der Waals surface area (Å²) in [5.74, 6) is 0. The fourth-order valence-electron chi connectivity index (χ4n) is 2.34. The summed E-state index contributed by atoms with van der Waals surface area (Å²) >= 11 is 0. The van der Waals surface area contributed by atoms with Gasteiger partial charge in [-0.15, -0.1) is 0 Å². The van der Waals surface area contributed by atoms with E-state index in [1.54, 1.807) is 0 Å². The van der Waals surface area contributed by atoms with Crippen LogP contribution in [0.4, 0.5) is 0 Å². The standard InChI is InChI=1S/C16H25N3/c1-4-19(14-8-13-18(2)3)16(11-12-17)15-9-6-5-7-10-15/h5-7,9-10,16H,4,8,11,13-14H2,1-3H3. The van der Waals surface area contributed by atoms with Crippen LogP contribution in [0, 0.1) is 11.3 Å². The average molecular weight is 259 g/mol. The Morgan fingerprint density at radius 3 is 2.37 bits per heavy atom. The highest BCUT2D eigenvalue weighted by molar-refractivity contribution is 5.20. The first-order valence-electron chi connectivity index (χ1n) is 6.99. The average Bonchev–Trinajstić information content (AvgIpc) is 2.42. The molecule has 0 heterocycles. The zero-order valence-electron chi connectivity index (χ0n) is 12.3. The third-order valence-corrected chi connectivity index (χ3v) is 3.37. The smallest absolute Gasteiger partial charge is 0.0641 e. The summed E-state index contributed by atoms with van der Waals surface area (Å²) in [6, 6.07) is 12.9. The Balaban J connectivity index is 2.70. The number of benzene rings is 1. The van der Waals surface area contributed by atoms with E-state index in [4.69, 9.17) is 5.26 Å². The quantitative estimate of drug-likeness (QED) is 0.719. The van der Waals surface area contributed by atoms with Gasteiger partial charge in [0.25, 0.3) is 0 Å². The van der Waals surface area contributed by atoms with Crippen LogP contribution in [0.2, 0.25) is 0 Å². The normalized spacial score (nSPS) is 12.6. The van der Waals surface area contributed by atoms with Crippen molar-refractivity contribution in [1.29, 1.82) is 5.26 Å². The molecule has 0 aliphatic carbocycles. The first-order chi connectivity index (χ1) is 9.19. The fourth-order valence-corrected chi connectivity index (χ4v) is 2.34. The molecule has 0 aliphatic rings. The molecule has 1 unspecified atom stereocenters. The highest BCUT2D eigenvalue weighted by Crippen LogP contribution is 2.23. The Labute approximate surface area is 117 Å². The van der Waals surface area contributed by atoms with E-state index >= 15 is 0 Å². The van der Waals surface area contributed by atoms with Crippen molar-refractivity contribution >= 4 is 0 Å². The van der Waals surface area contributed by atoms with Gasteiger partial charge in [-0.05, 0) is 45.7 Å². The fraction of sp³-hybridized carbons (Fsp3) is 0.562. The van der Waals surface area contributed by atoms with Gasteiger partial charge in [0.05, 0.1) is 12.5 Å². The van der Waals surface area contributed by atoms with Crippen molar-refractivity contribution < 1.29 is 0 Å². The Hall–Kier alpha value is -1.37. The monoisotopic (exact) mass is 259 g/mol. The zero-order valence-corrected chi connectivity index (χ0v) is 12.3. The minimum Gasteiger partial charge on any atom is -0.309 e. The lowest BCUT2D eigenvalue weighted by molar-refractivity contribution is 0.199. The van der Waals surface area contributed by atoms with Crippen LogP contribution in [0.3, 0.4) is 0 Å². The van der Waals surface area contributed by atoms with Gasteiger partial charge in [-0.2, -0.15) is 5.26 Å². The molecule has 1 rings (SSSR count). The van der Waals surface area contributed by atoms with Gasteiger partial charge in [-0.3, -0.25) is 4.90 Å². The molecule has 104 valence electrons. The van der Waals surface area contributed by atoms with E-state index < -0.39 is 0 Å². The van der Waals surface area contributed by atoms with Crippen LogP contribution in [-0.4, -0.2) is 43.5 Å². The minimum atomic E-state index is 0.221. The Bertz CT molecular complexity index is 381. The number of nitrogens with zero attached hydrogens (tertiary/aromatic N) is 3. The molecule has 0 saturated carbocycles. The molecule has 3 heteroatoms.